The van der Waals surface area contributed by atoms with Gasteiger partial charge in [0.05, 0.1) is 61.2 Å². The lowest BCUT2D eigenvalue weighted by Crippen LogP contribution is -2.03. The van der Waals surface area contributed by atoms with Crippen molar-refractivity contribution in [3.63, 3.8) is 0 Å². The molecule has 0 spiro atoms. The van der Waals surface area contributed by atoms with Gasteiger partial charge in [-0.3, -0.25) is 9.13 Å². The van der Waals surface area contributed by atoms with Crippen molar-refractivity contribution < 1.29 is 0 Å². The monoisotopic (exact) mass is 1580 g/mol. The Kier molecular flexibility index (Phi) is 16.2. The van der Waals surface area contributed by atoms with Crippen LogP contribution in [-0.2, 0) is 0 Å². The van der Waals surface area contributed by atoms with Crippen LogP contribution in [0.4, 0.5) is 0 Å². The van der Waals surface area contributed by atoms with E-state index in [9.17, 15) is 0 Å². The molecule has 26 rings (SSSR count). The third kappa shape index (κ3) is 11.4. The molecule has 0 N–H and O–H groups in total. The van der Waals surface area contributed by atoms with Crippen molar-refractivity contribution in [1.82, 2.24) is 33.2 Å². The lowest BCUT2D eigenvalue weighted by molar-refractivity contribution is 0.995. The maximum atomic E-state index is 5.35. The summed E-state index contributed by atoms with van der Waals surface area (Å²) in [6.45, 7) is 0. The van der Waals surface area contributed by atoms with Crippen LogP contribution in [0.25, 0.3) is 242 Å². The van der Waals surface area contributed by atoms with Crippen LogP contribution in [0.15, 0.2) is 443 Å². The van der Waals surface area contributed by atoms with Crippen LogP contribution in [0.2, 0.25) is 0 Å². The molecule has 0 aliphatic carbocycles. The number of benzene rings is 20. The van der Waals surface area contributed by atoms with E-state index in [1.165, 1.54) is 136 Å². The lowest BCUT2D eigenvalue weighted by atomic mass is 9.94. The minimum absolute atomic E-state index is 0.647. The predicted molar refractivity (Wildman–Crippen MR) is 521 cm³/mol. The second-order valence-electron chi connectivity index (χ2n) is 32.5. The van der Waals surface area contributed by atoms with E-state index in [0.717, 1.165) is 100 Å². The van der Waals surface area contributed by atoms with Gasteiger partial charge in [0.1, 0.15) is 5.82 Å². The van der Waals surface area contributed by atoms with Crippen molar-refractivity contribution in [3.8, 4) is 90.3 Å². The van der Waals surface area contributed by atoms with E-state index in [1.54, 1.807) is 0 Å². The molecule has 0 saturated heterocycles. The van der Waals surface area contributed by atoms with Gasteiger partial charge < -0.3 is 9.13 Å². The first-order chi connectivity index (χ1) is 61.5. The fraction of sp³-hybridized carbons (Fsp3) is 0. The summed E-state index contributed by atoms with van der Waals surface area (Å²) in [5.74, 6) is 1.54. The molecule has 20 aromatic carbocycles. The number of pyridine rings is 1. The molecule has 0 saturated carbocycles. The topological polar surface area (TPSA) is 58.4 Å². The molecule has 7 heteroatoms. The summed E-state index contributed by atoms with van der Waals surface area (Å²) in [5.41, 5.74) is 24.4. The largest absolute Gasteiger partial charge is 0.309 e. The maximum absolute atomic E-state index is 5.35. The first-order valence-corrected chi connectivity index (χ1v) is 42.4. The summed E-state index contributed by atoms with van der Waals surface area (Å²) in [7, 11) is 0. The van der Waals surface area contributed by atoms with Crippen LogP contribution in [0.1, 0.15) is 0 Å². The van der Waals surface area contributed by atoms with Gasteiger partial charge >= 0.3 is 0 Å². The van der Waals surface area contributed by atoms with Crippen LogP contribution >= 0.6 is 0 Å². The summed E-state index contributed by atoms with van der Waals surface area (Å²) in [6, 6.07) is 160. The molecule has 124 heavy (non-hydrogen) atoms. The number of nitrogens with zero attached hydrogens (tertiary/aromatic N) is 7. The SMILES string of the molecule is c1ccc(-c2cc(-c3ccccc3)nc(-n3c4ccccc4c4cc(-c5ccc6c(c5)c5ccccc5n6-c5ccc6c7ccccc7c7ccccc7c6c5)ccc43)c2)cc1.c1ccc(-c2cc(-c3ccccc3)nc(-n3c4ccccc4c4cc(-c5ccc6c(c5)c5ccccc5n6-c5ccc6c7ccccc7c7ccccc7c6c5)ccc43)n2)cc1. The highest BCUT2D eigenvalue weighted by Crippen LogP contribution is 2.46. The van der Waals surface area contributed by atoms with Gasteiger partial charge in [0.25, 0.3) is 0 Å². The molecule has 0 aliphatic rings. The Morgan fingerprint density at radius 3 is 0.742 bits per heavy atom. The Balaban J connectivity index is 0.000000136. The van der Waals surface area contributed by atoms with Crippen molar-refractivity contribution in [2.75, 3.05) is 0 Å². The number of hydrogen-bond acceptors (Lipinski definition) is 3. The van der Waals surface area contributed by atoms with E-state index >= 15 is 0 Å². The highest BCUT2D eigenvalue weighted by Gasteiger charge is 2.24. The second-order valence-corrected chi connectivity index (χ2v) is 32.5. The van der Waals surface area contributed by atoms with Crippen molar-refractivity contribution in [2.24, 2.45) is 0 Å². The third-order valence-corrected chi connectivity index (χ3v) is 25.6. The molecular weight excluding hydrogens is 1500 g/mol. The minimum Gasteiger partial charge on any atom is -0.309 e. The van der Waals surface area contributed by atoms with E-state index in [2.05, 4.69) is 449 Å². The standard InChI is InChI=1S/C59H37N3.C58H36N4/c1-3-15-38(16-4-1)42-35-54(39-17-5-2-6-18-39)60-59(36-42)62-56-26-14-12-24-50(56)53-34-41(28-32-58(53)62)40-27-31-57-52(33-40)49-23-11-13-25-55(49)61(57)43-29-30-48-46-21-8-7-19-44(46)45-20-9-10-22-47(45)51(48)37-43;1-3-15-37(16-4-1)52-36-53(38-17-5-2-6-18-38)60-58(59-52)62-55-26-14-12-24-48(55)51-34-40(28-32-57(51)62)39-27-31-56-50(33-39)47-23-11-13-25-54(47)61(56)41-29-30-46-44-21-8-7-19-42(44)43-20-9-10-22-45(43)49(46)35-41/h1-37H;1-36H. The van der Waals surface area contributed by atoms with Crippen molar-refractivity contribution in [3.05, 3.63) is 443 Å². The number of para-hydroxylation sites is 4. The summed E-state index contributed by atoms with van der Waals surface area (Å²) < 4.78 is 9.43. The Morgan fingerprint density at radius 1 is 0.129 bits per heavy atom. The van der Waals surface area contributed by atoms with Gasteiger partial charge in [0.2, 0.25) is 5.95 Å². The molecule has 0 atom stereocenters. The molecule has 0 radical (unpaired) electrons. The van der Waals surface area contributed by atoms with Crippen molar-refractivity contribution in [2.45, 2.75) is 0 Å². The zero-order valence-corrected chi connectivity index (χ0v) is 67.3. The maximum Gasteiger partial charge on any atom is 0.235 e. The molecule has 6 aromatic heterocycles. The van der Waals surface area contributed by atoms with E-state index in [0.29, 0.717) is 5.95 Å². The first-order valence-electron chi connectivity index (χ1n) is 42.4. The molecule has 6 heterocycles. The van der Waals surface area contributed by atoms with E-state index in [-0.39, 0.29) is 0 Å². The third-order valence-electron chi connectivity index (χ3n) is 25.6. The zero-order valence-electron chi connectivity index (χ0n) is 67.3. The van der Waals surface area contributed by atoms with Gasteiger partial charge in [-0.25, -0.2) is 15.0 Å². The molecule has 0 aliphatic heterocycles. The van der Waals surface area contributed by atoms with Crippen molar-refractivity contribution in [1.29, 1.82) is 0 Å². The molecule has 0 bridgehead atoms. The predicted octanol–water partition coefficient (Wildman–Crippen LogP) is 30.9. The lowest BCUT2D eigenvalue weighted by Gasteiger charge is -2.14. The Bertz CT molecular complexity index is 8160. The first kappa shape index (κ1) is 70.4. The molecule has 26 aromatic rings. The Labute approximate surface area is 713 Å². The molecular formula is C117H73N7. The average Bonchev–Trinajstić information content (AvgIpc) is 1.70. The van der Waals surface area contributed by atoms with E-state index in [1.807, 2.05) is 12.1 Å². The van der Waals surface area contributed by atoms with Gasteiger partial charge in [0.15, 0.2) is 0 Å². The fourth-order valence-corrected chi connectivity index (χ4v) is 19.9. The second kappa shape index (κ2) is 28.6. The fourth-order valence-electron chi connectivity index (χ4n) is 19.9. The summed E-state index contributed by atoms with van der Waals surface area (Å²) in [4.78, 5) is 15.8. The van der Waals surface area contributed by atoms with Gasteiger partial charge in [-0.15, -0.1) is 0 Å². The quantitative estimate of drug-likeness (QED) is 0.128. The molecule has 0 fully saturated rings. The molecule has 576 valence electrons. The normalized spacial score (nSPS) is 11.9. The zero-order chi connectivity index (χ0) is 81.5. The summed E-state index contributed by atoms with van der Waals surface area (Å²) >= 11 is 0. The van der Waals surface area contributed by atoms with Gasteiger partial charge in [-0.1, -0.05) is 328 Å². The molecule has 0 unspecified atom stereocenters. The van der Waals surface area contributed by atoms with Crippen LogP contribution in [0.5, 0.6) is 0 Å². The summed E-state index contributed by atoms with van der Waals surface area (Å²) in [5, 5.41) is 25.0. The minimum atomic E-state index is 0.647. The van der Waals surface area contributed by atoms with Crippen LogP contribution in [-0.4, -0.2) is 33.2 Å². The number of rotatable bonds is 10. The van der Waals surface area contributed by atoms with Gasteiger partial charge in [-0.2, -0.15) is 0 Å². The molecule has 7 nitrogen and oxygen atoms in total. The van der Waals surface area contributed by atoms with Crippen LogP contribution in [0, 0.1) is 0 Å². The van der Waals surface area contributed by atoms with E-state index in [4.69, 9.17) is 15.0 Å². The smallest absolute Gasteiger partial charge is 0.235 e. The highest BCUT2D eigenvalue weighted by atomic mass is 15.2. The van der Waals surface area contributed by atoms with E-state index < -0.39 is 0 Å². The van der Waals surface area contributed by atoms with Crippen LogP contribution < -0.4 is 0 Å². The Hall–Kier alpha value is -16.6. The number of aromatic nitrogens is 7. The van der Waals surface area contributed by atoms with Crippen molar-refractivity contribution >= 4 is 152 Å². The van der Waals surface area contributed by atoms with Gasteiger partial charge in [-0.05, 0) is 213 Å². The Morgan fingerprint density at radius 2 is 0.387 bits per heavy atom. The van der Waals surface area contributed by atoms with Crippen LogP contribution in [0.3, 0.4) is 0 Å². The average molecular weight is 1580 g/mol. The molecule has 0 amide bonds. The number of hydrogen-bond donors (Lipinski definition) is 0. The number of fused-ring (bicyclic) bond motifs is 24. The van der Waals surface area contributed by atoms with Gasteiger partial charge in [0, 0.05) is 71.2 Å². The highest BCUT2D eigenvalue weighted by molar-refractivity contribution is 6.28. The summed E-state index contributed by atoms with van der Waals surface area (Å²) in [6.07, 6.45) is 0.